The van der Waals surface area contributed by atoms with Gasteiger partial charge in [0.15, 0.2) is 6.23 Å². The van der Waals surface area contributed by atoms with E-state index >= 15 is 0 Å². The quantitative estimate of drug-likeness (QED) is 0.178. The number of benzene rings is 4. The van der Waals surface area contributed by atoms with Gasteiger partial charge in [-0.1, -0.05) is 54.6 Å². The van der Waals surface area contributed by atoms with Crippen LogP contribution in [0.2, 0.25) is 0 Å². The summed E-state index contributed by atoms with van der Waals surface area (Å²) in [5.74, 6) is 1.35. The number of hydrogen-bond acceptors (Lipinski definition) is 9. The van der Waals surface area contributed by atoms with Crippen LogP contribution in [0.15, 0.2) is 108 Å². The monoisotopic (exact) mass is 674 g/mol. The van der Waals surface area contributed by atoms with Crippen molar-refractivity contribution in [2.45, 2.75) is 37.5 Å². The maximum absolute atomic E-state index is 13.2. The number of anilines is 1. The van der Waals surface area contributed by atoms with Crippen LogP contribution in [0.5, 0.6) is 11.5 Å². The summed E-state index contributed by atoms with van der Waals surface area (Å²) < 4.78 is 24.8. The van der Waals surface area contributed by atoms with E-state index in [0.717, 1.165) is 39.3 Å². The first kappa shape index (κ1) is 33.2. The summed E-state index contributed by atoms with van der Waals surface area (Å²) in [7, 11) is 3.29. The normalized spacial score (nSPS) is 20.8. The van der Waals surface area contributed by atoms with Gasteiger partial charge in [-0.25, -0.2) is 4.79 Å². The molecule has 0 spiro atoms. The van der Waals surface area contributed by atoms with Crippen molar-refractivity contribution < 1.29 is 28.8 Å². The van der Waals surface area contributed by atoms with Crippen LogP contribution < -0.4 is 25.8 Å². The number of amides is 1. The lowest BCUT2D eigenvalue weighted by Crippen LogP contribution is -2.48. The van der Waals surface area contributed by atoms with Crippen LogP contribution in [0, 0.1) is 6.92 Å². The first-order valence-corrected chi connectivity index (χ1v) is 16.3. The molecular weight excluding hydrogens is 636 g/mol. The van der Waals surface area contributed by atoms with E-state index < -0.39 is 29.7 Å². The fourth-order valence-electron chi connectivity index (χ4n) is 6.60. The fourth-order valence-corrected chi connectivity index (χ4v) is 6.60. The summed E-state index contributed by atoms with van der Waals surface area (Å²) in [6.45, 7) is 2.44. The van der Waals surface area contributed by atoms with Crippen molar-refractivity contribution in [3.8, 4) is 33.8 Å². The molecule has 0 unspecified atom stereocenters. The van der Waals surface area contributed by atoms with Crippen LogP contribution in [0.4, 0.5) is 5.82 Å². The molecule has 0 aliphatic carbocycles. The fraction of sp³-hybridized carbons (Fsp3) is 0.256. The second-order valence-electron chi connectivity index (χ2n) is 12.5. The standard InChI is InChI=1S/C39H38N4O7/c1-24-20-43(38(46)42-35(24)41-36(45)27-7-5-4-6-8-27)37-33-34(44)39(50-37,22-40-33)23-49-21-29-10-9-28(25-11-15-30(47-2)16-12-25)19-32(29)26-13-17-31(48-3)18-14-26/h4-20,33-34,37,40,44H,21-23H2,1-3H3,(H,41,42,45,46)/t33-,34+,37-,39-/m1/s1. The molecule has 5 aromatic rings. The molecule has 2 saturated heterocycles. The summed E-state index contributed by atoms with van der Waals surface area (Å²) in [6, 6.07) is 30.2. The number of fused-ring (bicyclic) bond motifs is 2. The number of aryl methyl sites for hydroxylation is 1. The Bertz CT molecular complexity index is 2050. The Morgan fingerprint density at radius 2 is 1.62 bits per heavy atom. The summed E-state index contributed by atoms with van der Waals surface area (Å²) in [6.07, 6.45) is -0.162. The van der Waals surface area contributed by atoms with Crippen molar-refractivity contribution >= 4 is 11.7 Å². The largest absolute Gasteiger partial charge is 0.497 e. The summed E-state index contributed by atoms with van der Waals surface area (Å²) >= 11 is 0. The molecule has 2 aliphatic heterocycles. The molecule has 11 nitrogen and oxygen atoms in total. The van der Waals surface area contributed by atoms with Gasteiger partial charge in [0.05, 0.1) is 33.5 Å². The van der Waals surface area contributed by atoms with Crippen molar-refractivity contribution in [2.24, 2.45) is 0 Å². The van der Waals surface area contributed by atoms with Crippen LogP contribution in [-0.4, -0.2) is 65.7 Å². The zero-order chi connectivity index (χ0) is 34.8. The van der Waals surface area contributed by atoms with Crippen molar-refractivity contribution in [1.29, 1.82) is 0 Å². The Labute approximate surface area is 289 Å². The average molecular weight is 675 g/mol. The van der Waals surface area contributed by atoms with Gasteiger partial charge in [-0.3, -0.25) is 9.36 Å². The Morgan fingerprint density at radius 3 is 2.30 bits per heavy atom. The highest BCUT2D eigenvalue weighted by Gasteiger charge is 2.60. The van der Waals surface area contributed by atoms with Gasteiger partial charge in [-0.05, 0) is 77.2 Å². The molecule has 4 aromatic carbocycles. The molecule has 256 valence electrons. The predicted octanol–water partition coefficient (Wildman–Crippen LogP) is 4.97. The third-order valence-corrected chi connectivity index (χ3v) is 9.39. The van der Waals surface area contributed by atoms with Crippen molar-refractivity contribution in [3.63, 3.8) is 0 Å². The molecule has 3 heterocycles. The van der Waals surface area contributed by atoms with Gasteiger partial charge >= 0.3 is 5.69 Å². The molecule has 2 fully saturated rings. The number of aliphatic hydroxyl groups excluding tert-OH is 1. The number of aromatic nitrogens is 2. The van der Waals surface area contributed by atoms with Gasteiger partial charge in [-0.2, -0.15) is 4.98 Å². The topological polar surface area (TPSA) is 133 Å². The van der Waals surface area contributed by atoms with Gasteiger partial charge in [-0.15, -0.1) is 0 Å². The smallest absolute Gasteiger partial charge is 0.351 e. The number of rotatable bonds is 11. The van der Waals surface area contributed by atoms with E-state index in [1.54, 1.807) is 51.6 Å². The number of carbonyl (C=O) groups excluding carboxylic acids is 1. The molecule has 2 bridgehead atoms. The van der Waals surface area contributed by atoms with Gasteiger partial charge in [0.2, 0.25) is 0 Å². The Morgan fingerprint density at radius 1 is 0.960 bits per heavy atom. The van der Waals surface area contributed by atoms with E-state index in [2.05, 4.69) is 27.8 Å². The zero-order valence-corrected chi connectivity index (χ0v) is 28.0. The minimum atomic E-state index is -1.08. The summed E-state index contributed by atoms with van der Waals surface area (Å²) in [4.78, 5) is 30.1. The number of nitrogens with zero attached hydrogens (tertiary/aromatic N) is 2. The molecule has 1 aromatic heterocycles. The van der Waals surface area contributed by atoms with Crippen molar-refractivity contribution in [3.05, 3.63) is 130 Å². The number of hydrogen-bond donors (Lipinski definition) is 3. The van der Waals surface area contributed by atoms with Gasteiger partial charge in [0, 0.05) is 23.9 Å². The van der Waals surface area contributed by atoms with E-state index in [4.69, 9.17) is 18.9 Å². The number of ether oxygens (including phenoxy) is 4. The average Bonchev–Trinajstić information content (AvgIpc) is 3.61. The van der Waals surface area contributed by atoms with E-state index in [0.29, 0.717) is 17.7 Å². The van der Waals surface area contributed by atoms with Gasteiger partial charge in [0.1, 0.15) is 29.0 Å². The summed E-state index contributed by atoms with van der Waals surface area (Å²) in [5.41, 5.74) is 4.39. The lowest BCUT2D eigenvalue weighted by molar-refractivity contribution is -0.146. The Hall–Kier alpha value is -5.33. The number of nitrogens with one attached hydrogen (secondary N) is 2. The highest BCUT2D eigenvalue weighted by molar-refractivity contribution is 6.04. The Kier molecular flexibility index (Phi) is 9.21. The molecule has 1 amide bonds. The van der Waals surface area contributed by atoms with Crippen LogP contribution in [0.3, 0.4) is 0 Å². The van der Waals surface area contributed by atoms with Gasteiger partial charge < -0.3 is 34.7 Å². The number of aliphatic hydroxyl groups is 1. The molecule has 3 N–H and O–H groups in total. The molecule has 50 heavy (non-hydrogen) atoms. The molecule has 7 rings (SSSR count). The molecule has 0 radical (unpaired) electrons. The Balaban J connectivity index is 1.08. The van der Waals surface area contributed by atoms with E-state index in [1.807, 2.05) is 60.7 Å². The highest BCUT2D eigenvalue weighted by Crippen LogP contribution is 2.42. The molecule has 4 atom stereocenters. The van der Waals surface area contributed by atoms with Gasteiger partial charge in [0.25, 0.3) is 5.91 Å². The zero-order valence-electron chi connectivity index (χ0n) is 28.0. The lowest BCUT2D eigenvalue weighted by atomic mass is 9.94. The summed E-state index contributed by atoms with van der Waals surface area (Å²) in [5, 5.41) is 17.4. The molecule has 11 heteroatoms. The van der Waals surface area contributed by atoms with Crippen LogP contribution in [0.1, 0.15) is 27.7 Å². The third kappa shape index (κ3) is 6.39. The SMILES string of the molecule is COc1ccc(-c2ccc(COC[C@@]34CN[C@@H]([C@H](n5cc(C)c(NC(=O)c6ccccc6)nc5=O)O3)[C@@H]4O)c(-c3ccc(OC)cc3)c2)cc1. The lowest BCUT2D eigenvalue weighted by Gasteiger charge is -2.32. The number of methoxy groups -OCH3 is 2. The molecule has 2 aliphatic rings. The second-order valence-corrected chi connectivity index (χ2v) is 12.5. The first-order chi connectivity index (χ1) is 24.3. The van der Waals surface area contributed by atoms with Crippen molar-refractivity contribution in [2.75, 3.05) is 32.7 Å². The van der Waals surface area contributed by atoms with E-state index in [1.165, 1.54) is 4.57 Å². The van der Waals surface area contributed by atoms with Crippen LogP contribution in [0.25, 0.3) is 22.3 Å². The third-order valence-electron chi connectivity index (χ3n) is 9.39. The highest BCUT2D eigenvalue weighted by atomic mass is 16.6. The molecule has 0 saturated carbocycles. The minimum absolute atomic E-state index is 0.0861. The van der Waals surface area contributed by atoms with E-state index in [9.17, 15) is 14.7 Å². The second kappa shape index (κ2) is 13.9. The van der Waals surface area contributed by atoms with Crippen LogP contribution in [-0.2, 0) is 16.1 Å². The number of morpholine rings is 1. The number of carbonyl (C=O) groups is 1. The minimum Gasteiger partial charge on any atom is -0.497 e. The van der Waals surface area contributed by atoms with Crippen LogP contribution >= 0.6 is 0 Å². The van der Waals surface area contributed by atoms with E-state index in [-0.39, 0.29) is 24.9 Å². The predicted molar refractivity (Wildman–Crippen MR) is 188 cm³/mol. The van der Waals surface area contributed by atoms with Crippen molar-refractivity contribution in [1.82, 2.24) is 14.9 Å². The first-order valence-electron chi connectivity index (χ1n) is 16.3. The maximum Gasteiger partial charge on any atom is 0.351 e. The molecular formula is C39H38N4O7. The maximum atomic E-state index is 13.2.